The smallest absolute Gasteiger partial charge is 0.748 e. The molecule has 16 heavy (non-hydrogen) atoms. The van der Waals surface area contributed by atoms with Crippen LogP contribution in [0.1, 0.15) is 52.4 Å². The van der Waals surface area contributed by atoms with Crippen LogP contribution in [0, 0.1) is 0 Å². The molecule has 0 aliphatic heterocycles. The van der Waals surface area contributed by atoms with E-state index in [1.54, 1.807) is 0 Å². The quantitative estimate of drug-likeness (QED) is 0.439. The zero-order valence-corrected chi connectivity index (χ0v) is 14.4. The Balaban J connectivity index is 0. The van der Waals surface area contributed by atoms with Crippen molar-refractivity contribution in [2.24, 2.45) is 0 Å². The molecule has 2 atom stereocenters. The summed E-state index contributed by atoms with van der Waals surface area (Å²) in [5.41, 5.74) is 0. The van der Waals surface area contributed by atoms with Gasteiger partial charge < -0.3 is 9.66 Å². The molecule has 0 fully saturated rings. The third-order valence-electron chi connectivity index (χ3n) is 2.44. The summed E-state index contributed by atoms with van der Waals surface area (Å²) in [6, 6.07) is 0. The van der Waals surface area contributed by atoms with E-state index < -0.39 is 21.5 Å². The third-order valence-corrected chi connectivity index (χ3v) is 3.69. The van der Waals surface area contributed by atoms with E-state index in [-0.39, 0.29) is 57.8 Å². The number of unbranched alkanes of at least 4 members (excludes halogenated alkanes) is 1. The standard InChI is InChI=1S/C10H22O4S.K/c1-3-5-7-10(15(12,13)14)8-9(11)6-4-2;/h9-11H,3-8H2,1-2H3,(H,12,13,14);/q;+1/p-1. The number of hydrogen-bond donors (Lipinski definition) is 1. The molecule has 4 nitrogen and oxygen atoms in total. The van der Waals surface area contributed by atoms with Gasteiger partial charge in [0.05, 0.1) is 21.5 Å². The van der Waals surface area contributed by atoms with Crippen LogP contribution in [0.2, 0.25) is 0 Å². The zero-order valence-electron chi connectivity index (χ0n) is 10.5. The third kappa shape index (κ3) is 9.53. The van der Waals surface area contributed by atoms with Gasteiger partial charge in [0.15, 0.2) is 0 Å². The van der Waals surface area contributed by atoms with Crippen molar-refractivity contribution in [2.75, 3.05) is 0 Å². The van der Waals surface area contributed by atoms with Crippen molar-refractivity contribution < 1.29 is 69.5 Å². The maximum Gasteiger partial charge on any atom is 1.00 e. The number of aliphatic hydroxyl groups excluding tert-OH is 1. The largest absolute Gasteiger partial charge is 1.00 e. The van der Waals surface area contributed by atoms with Crippen molar-refractivity contribution >= 4 is 10.1 Å². The van der Waals surface area contributed by atoms with E-state index >= 15 is 0 Å². The molecule has 1 N–H and O–H groups in total. The topological polar surface area (TPSA) is 77.4 Å². The van der Waals surface area contributed by atoms with Gasteiger partial charge in [-0.2, -0.15) is 0 Å². The molecule has 0 radical (unpaired) electrons. The van der Waals surface area contributed by atoms with E-state index in [0.29, 0.717) is 19.3 Å². The molecule has 0 bridgehead atoms. The molecular formula is C10H21KO4S. The first-order valence-electron chi connectivity index (χ1n) is 5.54. The number of rotatable bonds is 8. The zero-order chi connectivity index (χ0) is 11.9. The fraction of sp³-hybridized carbons (Fsp3) is 1.00. The van der Waals surface area contributed by atoms with Gasteiger partial charge >= 0.3 is 51.4 Å². The van der Waals surface area contributed by atoms with E-state index in [0.717, 1.165) is 12.8 Å². The van der Waals surface area contributed by atoms with E-state index in [2.05, 4.69) is 0 Å². The minimum atomic E-state index is -4.26. The van der Waals surface area contributed by atoms with Crippen LogP contribution < -0.4 is 51.4 Å². The molecule has 0 aromatic rings. The van der Waals surface area contributed by atoms with Crippen LogP contribution >= 0.6 is 0 Å². The second kappa shape index (κ2) is 10.4. The van der Waals surface area contributed by atoms with Gasteiger partial charge in [0.25, 0.3) is 0 Å². The Bertz CT molecular complexity index is 254. The Morgan fingerprint density at radius 1 is 1.19 bits per heavy atom. The van der Waals surface area contributed by atoms with Crippen LogP contribution in [-0.4, -0.2) is 29.4 Å². The molecule has 0 heterocycles. The molecular weight excluding hydrogens is 255 g/mol. The first-order chi connectivity index (χ1) is 6.91. The fourth-order valence-corrected chi connectivity index (χ4v) is 2.48. The van der Waals surface area contributed by atoms with E-state index in [4.69, 9.17) is 0 Å². The molecule has 0 spiro atoms. The molecule has 0 saturated carbocycles. The van der Waals surface area contributed by atoms with Gasteiger partial charge in [-0.05, 0) is 19.3 Å². The van der Waals surface area contributed by atoms with Crippen molar-refractivity contribution in [2.45, 2.75) is 63.7 Å². The van der Waals surface area contributed by atoms with Crippen LogP contribution in [-0.2, 0) is 10.1 Å². The van der Waals surface area contributed by atoms with Gasteiger partial charge in [-0.15, -0.1) is 0 Å². The summed E-state index contributed by atoms with van der Waals surface area (Å²) in [5.74, 6) is 0. The summed E-state index contributed by atoms with van der Waals surface area (Å²) < 4.78 is 32.7. The Kier molecular flexibility index (Phi) is 12.9. The first-order valence-corrected chi connectivity index (χ1v) is 7.01. The van der Waals surface area contributed by atoms with Gasteiger partial charge in [-0.1, -0.05) is 33.1 Å². The molecule has 0 aromatic carbocycles. The van der Waals surface area contributed by atoms with Crippen molar-refractivity contribution in [3.63, 3.8) is 0 Å². The average molecular weight is 276 g/mol. The minimum absolute atomic E-state index is 0. The SMILES string of the molecule is CCCCC(CC(O)CCC)S(=O)(=O)[O-].[K+]. The predicted octanol–water partition coefficient (Wildman–Crippen LogP) is -1.35. The van der Waals surface area contributed by atoms with Crippen LogP contribution in [0.4, 0.5) is 0 Å². The van der Waals surface area contributed by atoms with Crippen molar-refractivity contribution in [3.05, 3.63) is 0 Å². The molecule has 0 aliphatic carbocycles. The maximum absolute atomic E-state index is 10.9. The number of aliphatic hydroxyl groups is 1. The molecule has 6 heteroatoms. The van der Waals surface area contributed by atoms with Crippen LogP contribution in [0.3, 0.4) is 0 Å². The van der Waals surface area contributed by atoms with Crippen molar-refractivity contribution in [1.29, 1.82) is 0 Å². The van der Waals surface area contributed by atoms with E-state index in [9.17, 15) is 18.1 Å². The fourth-order valence-electron chi connectivity index (χ4n) is 1.57. The molecule has 92 valence electrons. The summed E-state index contributed by atoms with van der Waals surface area (Å²) in [7, 11) is -4.26. The Labute approximate surface area is 141 Å². The molecule has 0 rings (SSSR count). The molecule has 0 aliphatic rings. The first kappa shape index (κ1) is 19.8. The predicted molar refractivity (Wildman–Crippen MR) is 58.5 cm³/mol. The Morgan fingerprint density at radius 2 is 1.75 bits per heavy atom. The van der Waals surface area contributed by atoms with Gasteiger partial charge in [-0.25, -0.2) is 8.42 Å². The second-order valence-electron chi connectivity index (χ2n) is 3.94. The van der Waals surface area contributed by atoms with Crippen molar-refractivity contribution in [3.8, 4) is 0 Å². The van der Waals surface area contributed by atoms with Crippen LogP contribution in [0.25, 0.3) is 0 Å². The second-order valence-corrected chi connectivity index (χ2v) is 5.59. The molecule has 0 aromatic heterocycles. The molecule has 2 unspecified atom stereocenters. The number of hydrogen-bond acceptors (Lipinski definition) is 4. The summed E-state index contributed by atoms with van der Waals surface area (Å²) in [6.45, 7) is 3.85. The van der Waals surface area contributed by atoms with Gasteiger partial charge in [0.1, 0.15) is 0 Å². The molecule has 0 amide bonds. The Morgan fingerprint density at radius 3 is 2.12 bits per heavy atom. The van der Waals surface area contributed by atoms with Crippen molar-refractivity contribution in [1.82, 2.24) is 0 Å². The van der Waals surface area contributed by atoms with Gasteiger partial charge in [0, 0.05) is 0 Å². The summed E-state index contributed by atoms with van der Waals surface area (Å²) in [6.07, 6.45) is 2.70. The molecule has 0 saturated heterocycles. The van der Waals surface area contributed by atoms with Gasteiger partial charge in [0.2, 0.25) is 0 Å². The van der Waals surface area contributed by atoms with Gasteiger partial charge in [-0.3, -0.25) is 0 Å². The monoisotopic (exact) mass is 276 g/mol. The average Bonchev–Trinajstić information content (AvgIpc) is 2.10. The Hall–Kier alpha value is 1.51. The van der Waals surface area contributed by atoms with E-state index in [1.807, 2.05) is 13.8 Å². The normalized spacial score (nSPS) is 15.2. The summed E-state index contributed by atoms with van der Waals surface area (Å²) in [4.78, 5) is 0. The van der Waals surface area contributed by atoms with E-state index in [1.165, 1.54) is 0 Å². The summed E-state index contributed by atoms with van der Waals surface area (Å²) >= 11 is 0. The minimum Gasteiger partial charge on any atom is -0.748 e. The van der Waals surface area contributed by atoms with Crippen LogP contribution in [0.5, 0.6) is 0 Å². The maximum atomic E-state index is 10.9. The van der Waals surface area contributed by atoms with Crippen LogP contribution in [0.15, 0.2) is 0 Å². The summed E-state index contributed by atoms with van der Waals surface area (Å²) in [5, 5.41) is 8.56.